The number of aliphatic hydroxyl groups is 1. The van der Waals surface area contributed by atoms with Gasteiger partial charge in [-0.3, -0.25) is 4.79 Å². The van der Waals surface area contributed by atoms with Crippen LogP contribution in [0.3, 0.4) is 0 Å². The van der Waals surface area contributed by atoms with E-state index < -0.39 is 6.10 Å². The number of carbonyl (C=O) groups is 1. The number of ether oxygens (including phenoxy) is 1. The average Bonchev–Trinajstić information content (AvgIpc) is 2.64. The monoisotopic (exact) mass is 340 g/mol. The first kappa shape index (κ1) is 17.5. The largest absolute Gasteiger partial charge is 0.491 e. The molecule has 2 atom stereocenters. The lowest BCUT2D eigenvalue weighted by Crippen LogP contribution is -2.44. The molecular weight excluding hydrogens is 316 g/mol. The number of carbonyl (C=O) groups excluding carboxylic acids is 1. The van der Waals surface area contributed by atoms with Crippen LogP contribution in [0.5, 0.6) is 5.75 Å². The molecular formula is C20H24N2O3. The molecule has 5 nitrogen and oxygen atoms in total. The Bertz CT molecular complexity index is 732. The summed E-state index contributed by atoms with van der Waals surface area (Å²) in [6.07, 6.45) is 0.163. The summed E-state index contributed by atoms with van der Waals surface area (Å²) in [5, 5.41) is 16.1. The van der Waals surface area contributed by atoms with Crippen molar-refractivity contribution in [3.05, 3.63) is 65.2 Å². The number of benzene rings is 2. The predicted molar refractivity (Wildman–Crippen MR) is 96.6 cm³/mol. The Morgan fingerprint density at radius 3 is 3.00 bits per heavy atom. The van der Waals surface area contributed by atoms with E-state index in [0.717, 1.165) is 24.1 Å². The molecule has 1 heterocycles. The third-order valence-electron chi connectivity index (χ3n) is 4.31. The zero-order chi connectivity index (χ0) is 17.6. The molecule has 0 radical (unpaired) electrons. The number of hydrogen-bond acceptors (Lipinski definition) is 4. The van der Waals surface area contributed by atoms with Gasteiger partial charge in [-0.25, -0.2) is 0 Å². The smallest absolute Gasteiger partial charge is 0.241 e. The standard InChI is InChI=1S/C20H24N2O3/c1-14-5-4-7-17(11-14)25-13-16(23)12-22-20(24)19-18-8-3-2-6-15(18)9-10-21-19/h2-8,11,16,19,21,23H,9-10,12-13H2,1H3,(H,22,24). The van der Waals surface area contributed by atoms with E-state index in [1.165, 1.54) is 5.56 Å². The molecule has 0 spiro atoms. The third-order valence-corrected chi connectivity index (χ3v) is 4.31. The van der Waals surface area contributed by atoms with Gasteiger partial charge in [0.2, 0.25) is 5.91 Å². The van der Waals surface area contributed by atoms with Crippen molar-refractivity contribution in [2.75, 3.05) is 19.7 Å². The quantitative estimate of drug-likeness (QED) is 0.749. The number of nitrogens with one attached hydrogen (secondary N) is 2. The van der Waals surface area contributed by atoms with Gasteiger partial charge in [0, 0.05) is 13.1 Å². The van der Waals surface area contributed by atoms with Gasteiger partial charge in [0.15, 0.2) is 0 Å². The minimum Gasteiger partial charge on any atom is -0.491 e. The summed E-state index contributed by atoms with van der Waals surface area (Å²) < 4.78 is 5.57. The maximum Gasteiger partial charge on any atom is 0.241 e. The Morgan fingerprint density at radius 1 is 1.32 bits per heavy atom. The predicted octanol–water partition coefficient (Wildman–Crippen LogP) is 1.74. The maximum atomic E-state index is 12.5. The number of amides is 1. The van der Waals surface area contributed by atoms with Crippen LogP contribution in [-0.4, -0.2) is 36.8 Å². The van der Waals surface area contributed by atoms with E-state index in [1.54, 1.807) is 0 Å². The zero-order valence-electron chi connectivity index (χ0n) is 14.4. The van der Waals surface area contributed by atoms with E-state index in [4.69, 9.17) is 4.74 Å². The first-order valence-electron chi connectivity index (χ1n) is 8.60. The van der Waals surface area contributed by atoms with E-state index in [0.29, 0.717) is 5.75 Å². The van der Waals surface area contributed by atoms with Crippen molar-refractivity contribution < 1.29 is 14.6 Å². The summed E-state index contributed by atoms with van der Waals surface area (Å²) in [6.45, 7) is 3.05. The van der Waals surface area contributed by atoms with Crippen molar-refractivity contribution in [3.63, 3.8) is 0 Å². The van der Waals surface area contributed by atoms with Crippen molar-refractivity contribution >= 4 is 5.91 Å². The second-order valence-corrected chi connectivity index (χ2v) is 6.36. The van der Waals surface area contributed by atoms with Gasteiger partial charge in [-0.15, -0.1) is 0 Å². The zero-order valence-corrected chi connectivity index (χ0v) is 14.4. The lowest BCUT2D eigenvalue weighted by Gasteiger charge is -2.26. The first-order chi connectivity index (χ1) is 12.1. The van der Waals surface area contributed by atoms with Gasteiger partial charge in [0.25, 0.3) is 0 Å². The van der Waals surface area contributed by atoms with Crippen LogP contribution >= 0.6 is 0 Å². The van der Waals surface area contributed by atoms with Crippen LogP contribution in [0.1, 0.15) is 22.7 Å². The Balaban J connectivity index is 1.49. The SMILES string of the molecule is Cc1cccc(OCC(O)CNC(=O)C2NCCc3ccccc32)c1. The second kappa shape index (κ2) is 8.14. The maximum absolute atomic E-state index is 12.5. The Morgan fingerprint density at radius 2 is 2.16 bits per heavy atom. The van der Waals surface area contributed by atoms with E-state index in [2.05, 4.69) is 16.7 Å². The minimum atomic E-state index is -0.761. The highest BCUT2D eigenvalue weighted by atomic mass is 16.5. The van der Waals surface area contributed by atoms with Crippen LogP contribution in [0.25, 0.3) is 0 Å². The highest BCUT2D eigenvalue weighted by Crippen LogP contribution is 2.22. The van der Waals surface area contributed by atoms with Gasteiger partial charge in [-0.2, -0.15) is 0 Å². The number of rotatable bonds is 6. The molecule has 1 aliphatic rings. The lowest BCUT2D eigenvalue weighted by atomic mass is 9.94. The van der Waals surface area contributed by atoms with Gasteiger partial charge >= 0.3 is 0 Å². The molecule has 0 aromatic heterocycles. The van der Waals surface area contributed by atoms with Crippen LogP contribution in [0, 0.1) is 6.92 Å². The number of hydrogen-bond donors (Lipinski definition) is 3. The summed E-state index contributed by atoms with van der Waals surface area (Å²) in [7, 11) is 0. The van der Waals surface area contributed by atoms with Crippen LogP contribution in [-0.2, 0) is 11.2 Å². The fourth-order valence-electron chi connectivity index (χ4n) is 3.02. The first-order valence-corrected chi connectivity index (χ1v) is 8.60. The third kappa shape index (κ3) is 4.59. The molecule has 2 unspecified atom stereocenters. The van der Waals surface area contributed by atoms with Crippen LogP contribution in [0.2, 0.25) is 0 Å². The molecule has 25 heavy (non-hydrogen) atoms. The molecule has 1 aliphatic heterocycles. The Labute approximate surface area is 148 Å². The molecule has 2 aromatic rings. The molecule has 3 rings (SSSR count). The topological polar surface area (TPSA) is 70.6 Å². The van der Waals surface area contributed by atoms with Crippen LogP contribution in [0.4, 0.5) is 0 Å². The van der Waals surface area contributed by atoms with Gasteiger partial charge in [0.05, 0.1) is 0 Å². The molecule has 3 N–H and O–H groups in total. The highest BCUT2D eigenvalue weighted by molar-refractivity contribution is 5.83. The van der Waals surface area contributed by atoms with Gasteiger partial charge in [-0.1, -0.05) is 36.4 Å². The average molecular weight is 340 g/mol. The summed E-state index contributed by atoms with van der Waals surface area (Å²) in [6, 6.07) is 15.3. The number of aryl methyl sites for hydroxylation is 1. The van der Waals surface area contributed by atoms with Crippen molar-refractivity contribution in [1.82, 2.24) is 10.6 Å². The molecule has 0 fully saturated rings. The van der Waals surface area contributed by atoms with E-state index in [1.807, 2.05) is 49.4 Å². The van der Waals surface area contributed by atoms with Crippen molar-refractivity contribution in [2.45, 2.75) is 25.5 Å². The molecule has 2 aromatic carbocycles. The van der Waals surface area contributed by atoms with Gasteiger partial charge < -0.3 is 20.5 Å². The summed E-state index contributed by atoms with van der Waals surface area (Å²) in [5.41, 5.74) is 3.31. The number of fused-ring (bicyclic) bond motifs is 1. The molecule has 0 bridgehead atoms. The van der Waals surface area contributed by atoms with E-state index in [9.17, 15) is 9.90 Å². The van der Waals surface area contributed by atoms with Crippen molar-refractivity contribution in [3.8, 4) is 5.75 Å². The summed E-state index contributed by atoms with van der Waals surface area (Å²) in [4.78, 5) is 12.5. The Kier molecular flexibility index (Phi) is 5.68. The molecule has 0 aliphatic carbocycles. The number of aliphatic hydroxyl groups excluding tert-OH is 1. The Hall–Kier alpha value is -2.37. The summed E-state index contributed by atoms with van der Waals surface area (Å²) >= 11 is 0. The lowest BCUT2D eigenvalue weighted by molar-refractivity contribution is -0.124. The minimum absolute atomic E-state index is 0.123. The molecule has 0 saturated carbocycles. The fourth-order valence-corrected chi connectivity index (χ4v) is 3.02. The van der Waals surface area contributed by atoms with Crippen LogP contribution in [0.15, 0.2) is 48.5 Å². The summed E-state index contributed by atoms with van der Waals surface area (Å²) in [5.74, 6) is 0.593. The van der Waals surface area contributed by atoms with Crippen molar-refractivity contribution in [1.29, 1.82) is 0 Å². The molecule has 0 saturated heterocycles. The molecule has 5 heteroatoms. The fraction of sp³-hybridized carbons (Fsp3) is 0.350. The van der Waals surface area contributed by atoms with Crippen LogP contribution < -0.4 is 15.4 Å². The normalized spacial score (nSPS) is 17.4. The van der Waals surface area contributed by atoms with E-state index in [-0.39, 0.29) is 25.1 Å². The van der Waals surface area contributed by atoms with Crippen molar-refractivity contribution in [2.24, 2.45) is 0 Å². The van der Waals surface area contributed by atoms with Gasteiger partial charge in [-0.05, 0) is 42.2 Å². The molecule has 1 amide bonds. The highest BCUT2D eigenvalue weighted by Gasteiger charge is 2.25. The second-order valence-electron chi connectivity index (χ2n) is 6.36. The molecule has 132 valence electrons. The van der Waals surface area contributed by atoms with E-state index >= 15 is 0 Å². The van der Waals surface area contributed by atoms with Gasteiger partial charge in [0.1, 0.15) is 24.5 Å².